The fraction of sp³-hybridized carbons (Fsp3) is 0.846. The highest BCUT2D eigenvalue weighted by molar-refractivity contribution is 5.78. The lowest BCUT2D eigenvalue weighted by Gasteiger charge is -2.23. The largest absolute Gasteiger partial charge is 0.375 e. The number of ether oxygens (including phenoxy) is 3. The predicted octanol–water partition coefficient (Wildman–Crippen LogP) is -0.845. The Kier molecular flexibility index (Phi) is 4.95. The van der Waals surface area contributed by atoms with Gasteiger partial charge in [0, 0.05) is 33.7 Å². The Labute approximate surface area is 118 Å². The third-order valence-corrected chi connectivity index (χ3v) is 3.84. The molecule has 2 saturated heterocycles. The summed E-state index contributed by atoms with van der Waals surface area (Å²) in [6.45, 7) is 1.89. The Hall–Kier alpha value is -1.18. The molecular weight excluding hydrogens is 264 g/mol. The lowest BCUT2D eigenvalue weighted by Crippen LogP contribution is -2.37. The average molecular weight is 286 g/mol. The maximum Gasteiger partial charge on any atom is 0.248 e. The number of rotatable bonds is 5. The van der Waals surface area contributed by atoms with Crippen LogP contribution in [0.2, 0.25) is 0 Å². The predicted molar refractivity (Wildman–Crippen MR) is 70.2 cm³/mol. The second-order valence-corrected chi connectivity index (χ2v) is 5.30. The molecule has 2 rings (SSSR count). The van der Waals surface area contributed by atoms with Gasteiger partial charge in [-0.1, -0.05) is 0 Å². The topological polar surface area (TPSA) is 77.1 Å². The number of hydrogen-bond acceptors (Lipinski definition) is 5. The number of nitrogens with one attached hydrogen (secondary N) is 1. The van der Waals surface area contributed by atoms with Crippen LogP contribution in [0, 0.1) is 0 Å². The molecule has 0 radical (unpaired) electrons. The monoisotopic (exact) mass is 286 g/mol. The van der Waals surface area contributed by atoms with Crippen LogP contribution in [0.15, 0.2) is 0 Å². The van der Waals surface area contributed by atoms with Crippen molar-refractivity contribution in [2.24, 2.45) is 0 Å². The summed E-state index contributed by atoms with van der Waals surface area (Å²) in [6, 6.07) is 0. The number of methoxy groups -OCH3 is 1. The molecular formula is C13H22N2O5. The number of amides is 2. The van der Waals surface area contributed by atoms with Crippen LogP contribution in [0.1, 0.15) is 12.8 Å². The van der Waals surface area contributed by atoms with Crippen molar-refractivity contribution in [1.82, 2.24) is 10.2 Å². The Bertz CT molecular complexity index is 376. The van der Waals surface area contributed by atoms with Gasteiger partial charge in [-0.05, 0) is 6.42 Å². The number of nitrogens with zero attached hydrogens (tertiary/aromatic N) is 1. The molecule has 2 amide bonds. The van der Waals surface area contributed by atoms with Crippen LogP contribution in [-0.4, -0.2) is 75.5 Å². The van der Waals surface area contributed by atoms with E-state index in [0.29, 0.717) is 19.7 Å². The SMILES string of the molecule is CNC(=O)CO[C@H]1CO[C@@]2(CCN(C(=O)COC)C2)C1. The summed E-state index contributed by atoms with van der Waals surface area (Å²) in [5, 5.41) is 2.51. The van der Waals surface area contributed by atoms with E-state index in [-0.39, 0.29) is 36.7 Å². The van der Waals surface area contributed by atoms with Crippen LogP contribution in [0.3, 0.4) is 0 Å². The van der Waals surface area contributed by atoms with E-state index in [4.69, 9.17) is 14.2 Å². The second kappa shape index (κ2) is 6.51. The molecule has 0 aromatic carbocycles. The summed E-state index contributed by atoms with van der Waals surface area (Å²) in [5.41, 5.74) is -0.309. The quantitative estimate of drug-likeness (QED) is 0.713. The molecule has 1 spiro atoms. The molecule has 0 aromatic heterocycles. The van der Waals surface area contributed by atoms with Crippen molar-refractivity contribution in [2.45, 2.75) is 24.5 Å². The summed E-state index contributed by atoms with van der Waals surface area (Å²) >= 11 is 0. The van der Waals surface area contributed by atoms with Gasteiger partial charge in [0.15, 0.2) is 0 Å². The summed E-state index contributed by atoms with van der Waals surface area (Å²) in [4.78, 5) is 24.7. The third kappa shape index (κ3) is 3.47. The van der Waals surface area contributed by atoms with Crippen molar-refractivity contribution in [2.75, 3.05) is 47.1 Å². The standard InChI is InChI=1S/C13H22N2O5/c1-14-11(16)7-19-10-5-13(20-6-10)3-4-15(9-13)12(17)8-18-2/h10H,3-9H2,1-2H3,(H,14,16)/t10-,13+/m1/s1. The van der Waals surface area contributed by atoms with Crippen molar-refractivity contribution >= 4 is 11.8 Å². The molecule has 20 heavy (non-hydrogen) atoms. The molecule has 0 aliphatic carbocycles. The van der Waals surface area contributed by atoms with Crippen LogP contribution in [0.5, 0.6) is 0 Å². The number of likely N-dealkylation sites (tertiary alicyclic amines) is 1. The minimum absolute atomic E-state index is 0.0114. The lowest BCUT2D eigenvalue weighted by molar-refractivity contribution is -0.135. The van der Waals surface area contributed by atoms with Gasteiger partial charge < -0.3 is 24.4 Å². The fourth-order valence-corrected chi connectivity index (χ4v) is 2.73. The van der Waals surface area contributed by atoms with E-state index in [1.807, 2.05) is 0 Å². The van der Waals surface area contributed by atoms with E-state index in [1.54, 1.807) is 11.9 Å². The van der Waals surface area contributed by atoms with E-state index >= 15 is 0 Å². The minimum atomic E-state index is -0.309. The van der Waals surface area contributed by atoms with Gasteiger partial charge in [-0.25, -0.2) is 0 Å². The molecule has 2 aliphatic rings. The van der Waals surface area contributed by atoms with Crippen LogP contribution >= 0.6 is 0 Å². The maximum atomic E-state index is 11.8. The van der Waals surface area contributed by atoms with E-state index in [0.717, 1.165) is 12.8 Å². The molecule has 7 nitrogen and oxygen atoms in total. The van der Waals surface area contributed by atoms with Crippen molar-refractivity contribution in [3.8, 4) is 0 Å². The van der Waals surface area contributed by atoms with E-state index < -0.39 is 0 Å². The summed E-state index contributed by atoms with van der Waals surface area (Å²) in [6.07, 6.45) is 1.45. The number of hydrogen-bond donors (Lipinski definition) is 1. The van der Waals surface area contributed by atoms with Gasteiger partial charge in [0.2, 0.25) is 11.8 Å². The van der Waals surface area contributed by atoms with E-state index in [9.17, 15) is 9.59 Å². The molecule has 0 aromatic rings. The molecule has 2 atom stereocenters. The third-order valence-electron chi connectivity index (χ3n) is 3.84. The van der Waals surface area contributed by atoms with Gasteiger partial charge in [0.1, 0.15) is 13.2 Å². The molecule has 1 N–H and O–H groups in total. The first-order valence-corrected chi connectivity index (χ1v) is 6.81. The summed E-state index contributed by atoms with van der Waals surface area (Å²) in [5.74, 6) is -0.156. The summed E-state index contributed by atoms with van der Waals surface area (Å²) in [7, 11) is 3.09. The lowest BCUT2D eigenvalue weighted by atomic mass is 9.98. The second-order valence-electron chi connectivity index (χ2n) is 5.30. The Balaban J connectivity index is 1.80. The first-order chi connectivity index (χ1) is 9.58. The molecule has 2 fully saturated rings. The molecule has 114 valence electrons. The number of carbonyl (C=O) groups is 2. The normalized spacial score (nSPS) is 29.1. The van der Waals surface area contributed by atoms with E-state index in [1.165, 1.54) is 7.11 Å². The maximum absolute atomic E-state index is 11.8. The van der Waals surface area contributed by atoms with Gasteiger partial charge in [-0.2, -0.15) is 0 Å². The zero-order chi connectivity index (χ0) is 14.6. The molecule has 0 saturated carbocycles. The number of likely N-dealkylation sites (N-methyl/N-ethyl adjacent to an activating group) is 1. The van der Waals surface area contributed by atoms with Crippen molar-refractivity contribution in [3.63, 3.8) is 0 Å². The average Bonchev–Trinajstić information content (AvgIpc) is 3.04. The highest BCUT2D eigenvalue weighted by Crippen LogP contribution is 2.36. The Morgan fingerprint density at radius 2 is 2.25 bits per heavy atom. The van der Waals surface area contributed by atoms with Crippen LogP contribution < -0.4 is 5.32 Å². The Morgan fingerprint density at radius 1 is 1.45 bits per heavy atom. The first kappa shape index (κ1) is 15.2. The highest BCUT2D eigenvalue weighted by atomic mass is 16.6. The molecule has 2 aliphatic heterocycles. The van der Waals surface area contributed by atoms with Crippen LogP contribution in [0.25, 0.3) is 0 Å². The zero-order valence-corrected chi connectivity index (χ0v) is 12.0. The van der Waals surface area contributed by atoms with Crippen molar-refractivity contribution in [1.29, 1.82) is 0 Å². The fourth-order valence-electron chi connectivity index (χ4n) is 2.73. The first-order valence-electron chi connectivity index (χ1n) is 6.81. The van der Waals surface area contributed by atoms with Gasteiger partial charge >= 0.3 is 0 Å². The molecule has 0 bridgehead atoms. The van der Waals surface area contributed by atoms with Crippen molar-refractivity contribution < 1.29 is 23.8 Å². The minimum Gasteiger partial charge on any atom is -0.375 e. The molecule has 2 heterocycles. The Morgan fingerprint density at radius 3 is 2.95 bits per heavy atom. The van der Waals surface area contributed by atoms with Gasteiger partial charge in [-0.3, -0.25) is 9.59 Å². The van der Waals surface area contributed by atoms with Crippen molar-refractivity contribution in [3.05, 3.63) is 0 Å². The summed E-state index contributed by atoms with van der Waals surface area (Å²) < 4.78 is 16.2. The zero-order valence-electron chi connectivity index (χ0n) is 12.0. The molecule has 7 heteroatoms. The smallest absolute Gasteiger partial charge is 0.248 e. The van der Waals surface area contributed by atoms with Crippen LogP contribution in [-0.2, 0) is 23.8 Å². The van der Waals surface area contributed by atoms with Gasteiger partial charge in [-0.15, -0.1) is 0 Å². The number of carbonyl (C=O) groups excluding carboxylic acids is 2. The van der Waals surface area contributed by atoms with Gasteiger partial charge in [0.25, 0.3) is 0 Å². The van der Waals surface area contributed by atoms with Crippen LogP contribution in [0.4, 0.5) is 0 Å². The molecule has 0 unspecified atom stereocenters. The highest BCUT2D eigenvalue weighted by Gasteiger charge is 2.47. The van der Waals surface area contributed by atoms with Gasteiger partial charge in [0.05, 0.1) is 18.3 Å². The van der Waals surface area contributed by atoms with E-state index in [2.05, 4.69) is 5.32 Å².